The predicted molar refractivity (Wildman–Crippen MR) is 82.3 cm³/mol. The highest BCUT2D eigenvalue weighted by atomic mass is 79.9. The van der Waals surface area contributed by atoms with Crippen LogP contribution in [0.5, 0.6) is 0 Å². The zero-order valence-corrected chi connectivity index (χ0v) is 13.1. The first-order valence-electron chi connectivity index (χ1n) is 6.38. The largest absolute Gasteiger partial charge is 0.457 e. The van der Waals surface area contributed by atoms with Gasteiger partial charge in [0.25, 0.3) is 5.91 Å². The molecule has 1 aromatic carbocycles. The van der Waals surface area contributed by atoms with Crippen molar-refractivity contribution < 1.29 is 9.21 Å². The molecule has 0 saturated heterocycles. The summed E-state index contributed by atoms with van der Waals surface area (Å²) >= 11 is 3.25. The monoisotopic (exact) mass is 336 g/mol. The third kappa shape index (κ3) is 3.04. The van der Waals surface area contributed by atoms with E-state index in [0.29, 0.717) is 22.5 Å². The van der Waals surface area contributed by atoms with Crippen LogP contribution in [0, 0.1) is 0 Å². The van der Waals surface area contributed by atoms with Gasteiger partial charge in [0.15, 0.2) is 4.67 Å². The first kappa shape index (κ1) is 14.7. The molecule has 0 unspecified atom stereocenters. The number of carbonyl (C=O) groups excluding carboxylic acids is 1. The maximum absolute atomic E-state index is 12.6. The highest BCUT2D eigenvalue weighted by Gasteiger charge is 2.23. The van der Waals surface area contributed by atoms with Crippen molar-refractivity contribution in [3.63, 3.8) is 0 Å². The lowest BCUT2D eigenvalue weighted by Gasteiger charge is -2.27. The number of benzene rings is 1. The van der Waals surface area contributed by atoms with Crippen molar-refractivity contribution in [1.29, 1.82) is 0 Å². The molecule has 0 atom stereocenters. The second kappa shape index (κ2) is 6.13. The number of hydrogen-bond donors (Lipinski definition) is 1. The van der Waals surface area contributed by atoms with E-state index in [0.717, 1.165) is 5.56 Å². The van der Waals surface area contributed by atoms with Gasteiger partial charge in [-0.15, -0.1) is 0 Å². The van der Waals surface area contributed by atoms with Crippen LogP contribution in [0.4, 0.5) is 5.69 Å². The number of para-hydroxylation sites is 1. The summed E-state index contributed by atoms with van der Waals surface area (Å²) in [6.45, 7) is 4.43. The number of furan rings is 1. The van der Waals surface area contributed by atoms with E-state index in [9.17, 15) is 4.79 Å². The highest BCUT2D eigenvalue weighted by molar-refractivity contribution is 9.10. The van der Waals surface area contributed by atoms with E-state index in [1.807, 2.05) is 38.1 Å². The molecule has 0 fully saturated rings. The summed E-state index contributed by atoms with van der Waals surface area (Å²) in [7, 11) is 0. The van der Waals surface area contributed by atoms with E-state index in [1.165, 1.54) is 6.26 Å². The summed E-state index contributed by atoms with van der Waals surface area (Å²) in [5.41, 5.74) is 8.10. The van der Waals surface area contributed by atoms with Gasteiger partial charge in [0, 0.05) is 18.3 Å². The Hall–Kier alpha value is -1.75. The molecule has 2 N–H and O–H groups in total. The quantitative estimate of drug-likeness (QED) is 0.866. The maximum Gasteiger partial charge on any atom is 0.258 e. The van der Waals surface area contributed by atoms with Crippen LogP contribution in [0.3, 0.4) is 0 Å². The van der Waals surface area contributed by atoms with Gasteiger partial charge >= 0.3 is 0 Å². The first-order chi connectivity index (χ1) is 9.50. The molecular formula is C15H17BrN2O2. The Labute approximate surface area is 126 Å². The average Bonchev–Trinajstić information content (AvgIpc) is 2.83. The van der Waals surface area contributed by atoms with Crippen molar-refractivity contribution in [3.8, 4) is 0 Å². The number of hydrogen-bond acceptors (Lipinski definition) is 3. The summed E-state index contributed by atoms with van der Waals surface area (Å²) in [5.74, 6) is -0.0797. The average molecular weight is 337 g/mol. The SMILES string of the molecule is CC(C)N(Cc1ccccc1N)C(=O)c1ccoc1Br. The standard InChI is InChI=1S/C15H17BrN2O2/c1-10(2)18(9-11-5-3-4-6-13(11)17)15(19)12-7-8-20-14(12)16/h3-8,10H,9,17H2,1-2H3. The molecular weight excluding hydrogens is 320 g/mol. The minimum absolute atomic E-state index is 0.0592. The number of nitrogens with zero attached hydrogens (tertiary/aromatic N) is 1. The first-order valence-corrected chi connectivity index (χ1v) is 7.17. The molecule has 0 saturated carbocycles. The van der Waals surface area contributed by atoms with Crippen molar-refractivity contribution in [3.05, 3.63) is 52.4 Å². The van der Waals surface area contributed by atoms with E-state index < -0.39 is 0 Å². The molecule has 2 rings (SSSR count). The number of amides is 1. The minimum atomic E-state index is -0.0797. The second-order valence-electron chi connectivity index (χ2n) is 4.83. The molecule has 1 heterocycles. The molecule has 0 radical (unpaired) electrons. The second-order valence-corrected chi connectivity index (χ2v) is 5.55. The molecule has 5 heteroatoms. The van der Waals surface area contributed by atoms with Gasteiger partial charge < -0.3 is 15.1 Å². The van der Waals surface area contributed by atoms with Crippen LogP contribution >= 0.6 is 15.9 Å². The fraction of sp³-hybridized carbons (Fsp3) is 0.267. The van der Waals surface area contributed by atoms with E-state index in [4.69, 9.17) is 10.2 Å². The third-order valence-electron chi connectivity index (χ3n) is 3.13. The van der Waals surface area contributed by atoms with Crippen molar-refractivity contribution in [2.75, 3.05) is 5.73 Å². The number of nitrogen functional groups attached to an aromatic ring is 1. The summed E-state index contributed by atoms with van der Waals surface area (Å²) in [4.78, 5) is 14.3. The molecule has 0 aliphatic carbocycles. The Bertz CT molecular complexity index is 607. The predicted octanol–water partition coefficient (Wildman–Crippen LogP) is 3.68. The van der Waals surface area contributed by atoms with Gasteiger partial charge in [0.1, 0.15) is 0 Å². The number of carbonyl (C=O) groups is 1. The molecule has 0 spiro atoms. The molecule has 0 aliphatic rings. The Morgan fingerprint density at radius 2 is 2.05 bits per heavy atom. The van der Waals surface area contributed by atoms with E-state index >= 15 is 0 Å². The molecule has 106 valence electrons. The topological polar surface area (TPSA) is 59.5 Å². The lowest BCUT2D eigenvalue weighted by Crippen LogP contribution is -2.36. The lowest BCUT2D eigenvalue weighted by molar-refractivity contribution is 0.0689. The Balaban J connectivity index is 2.27. The highest BCUT2D eigenvalue weighted by Crippen LogP contribution is 2.23. The van der Waals surface area contributed by atoms with E-state index in [2.05, 4.69) is 15.9 Å². The summed E-state index contributed by atoms with van der Waals surface area (Å²) < 4.78 is 5.59. The van der Waals surface area contributed by atoms with Crippen LogP contribution in [0.1, 0.15) is 29.8 Å². The van der Waals surface area contributed by atoms with Crippen LogP contribution in [-0.4, -0.2) is 16.8 Å². The summed E-state index contributed by atoms with van der Waals surface area (Å²) in [6.07, 6.45) is 1.49. The normalized spacial score (nSPS) is 10.8. The van der Waals surface area contributed by atoms with Crippen LogP contribution in [0.25, 0.3) is 0 Å². The number of anilines is 1. The number of nitrogens with two attached hydrogens (primary N) is 1. The number of halogens is 1. The fourth-order valence-corrected chi connectivity index (χ4v) is 2.36. The Morgan fingerprint density at radius 1 is 1.35 bits per heavy atom. The Kier molecular flexibility index (Phi) is 4.49. The zero-order valence-electron chi connectivity index (χ0n) is 11.5. The van der Waals surface area contributed by atoms with Gasteiger partial charge in [-0.3, -0.25) is 4.79 Å². The molecule has 1 aromatic heterocycles. The van der Waals surface area contributed by atoms with Crippen LogP contribution in [0.15, 0.2) is 45.7 Å². The van der Waals surface area contributed by atoms with Crippen LogP contribution in [-0.2, 0) is 6.54 Å². The summed E-state index contributed by atoms with van der Waals surface area (Å²) in [5, 5.41) is 0. The molecule has 4 nitrogen and oxygen atoms in total. The molecule has 2 aromatic rings. The smallest absolute Gasteiger partial charge is 0.258 e. The van der Waals surface area contributed by atoms with Gasteiger partial charge in [0.05, 0.1) is 11.8 Å². The fourth-order valence-electron chi connectivity index (χ4n) is 1.95. The molecule has 20 heavy (non-hydrogen) atoms. The lowest BCUT2D eigenvalue weighted by atomic mass is 10.1. The third-order valence-corrected chi connectivity index (χ3v) is 3.74. The number of rotatable bonds is 4. The maximum atomic E-state index is 12.6. The molecule has 0 aliphatic heterocycles. The zero-order chi connectivity index (χ0) is 14.7. The van der Waals surface area contributed by atoms with Crippen molar-refractivity contribution in [1.82, 2.24) is 4.90 Å². The Morgan fingerprint density at radius 3 is 2.60 bits per heavy atom. The molecule has 0 bridgehead atoms. The van der Waals surface area contributed by atoms with E-state index in [1.54, 1.807) is 11.0 Å². The van der Waals surface area contributed by atoms with Gasteiger partial charge in [0.2, 0.25) is 0 Å². The van der Waals surface area contributed by atoms with E-state index in [-0.39, 0.29) is 11.9 Å². The van der Waals surface area contributed by atoms with Crippen LogP contribution in [0.2, 0.25) is 0 Å². The van der Waals surface area contributed by atoms with Gasteiger partial charge in [-0.05, 0) is 47.5 Å². The van der Waals surface area contributed by atoms with Crippen LogP contribution < -0.4 is 5.73 Å². The summed E-state index contributed by atoms with van der Waals surface area (Å²) in [6, 6.07) is 9.30. The van der Waals surface area contributed by atoms with Crippen molar-refractivity contribution in [2.24, 2.45) is 0 Å². The minimum Gasteiger partial charge on any atom is -0.457 e. The van der Waals surface area contributed by atoms with Crippen molar-refractivity contribution in [2.45, 2.75) is 26.4 Å². The molecule has 1 amide bonds. The van der Waals surface area contributed by atoms with Crippen molar-refractivity contribution >= 4 is 27.5 Å². The van der Waals surface area contributed by atoms with Gasteiger partial charge in [-0.2, -0.15) is 0 Å². The van der Waals surface area contributed by atoms with Gasteiger partial charge in [-0.1, -0.05) is 18.2 Å². The van der Waals surface area contributed by atoms with Gasteiger partial charge in [-0.25, -0.2) is 0 Å².